The van der Waals surface area contributed by atoms with Crippen molar-refractivity contribution in [2.45, 2.75) is 6.92 Å². The van der Waals surface area contributed by atoms with E-state index in [4.69, 9.17) is 0 Å². The Morgan fingerprint density at radius 2 is 2.08 bits per heavy atom. The minimum Gasteiger partial charge on any atom is -0.331 e. The van der Waals surface area contributed by atoms with Crippen LogP contribution in [0.15, 0.2) is 55.2 Å². The number of amides is 1. The monoisotopic (exact) mass is 332 g/mol. The van der Waals surface area contributed by atoms with E-state index in [2.05, 4.69) is 20.3 Å². The molecule has 0 aliphatic rings. The zero-order valence-electron chi connectivity index (χ0n) is 13.8. The van der Waals surface area contributed by atoms with E-state index in [9.17, 15) is 4.79 Å². The Hall–Kier alpha value is -3.48. The molecule has 4 aromatic rings. The number of benzene rings is 1. The van der Waals surface area contributed by atoms with Crippen LogP contribution in [0.3, 0.4) is 0 Å². The predicted octanol–water partition coefficient (Wildman–Crippen LogP) is 2.71. The molecule has 0 atom stereocenters. The molecule has 1 aromatic carbocycles. The molecule has 0 aliphatic carbocycles. The van der Waals surface area contributed by atoms with Gasteiger partial charge in [-0.2, -0.15) is 0 Å². The van der Waals surface area contributed by atoms with E-state index in [1.807, 2.05) is 42.9 Å². The Morgan fingerprint density at radius 3 is 2.80 bits per heavy atom. The standard InChI is InChI=1S/C18H16N6O/c1-12-21-15-9-13(3-5-16(15)23(12)2)18(25)22-14-4-6-17(20-10-14)24-8-7-19-11-24/h3-11H,1-2H3,(H,22,25). The molecule has 0 radical (unpaired) electrons. The molecule has 0 saturated heterocycles. The molecule has 7 heteroatoms. The number of anilines is 1. The molecule has 124 valence electrons. The Bertz CT molecular complexity index is 1050. The highest BCUT2D eigenvalue weighted by Gasteiger charge is 2.10. The van der Waals surface area contributed by atoms with Gasteiger partial charge in [-0.15, -0.1) is 0 Å². The van der Waals surface area contributed by atoms with Crippen LogP contribution in [0.4, 0.5) is 5.69 Å². The first kappa shape index (κ1) is 15.1. The van der Waals surface area contributed by atoms with Gasteiger partial charge in [0, 0.05) is 25.0 Å². The van der Waals surface area contributed by atoms with Crippen molar-refractivity contribution in [1.82, 2.24) is 24.1 Å². The molecular formula is C18H16N6O. The van der Waals surface area contributed by atoms with Crippen molar-refractivity contribution < 1.29 is 4.79 Å². The van der Waals surface area contributed by atoms with Crippen LogP contribution in [0.25, 0.3) is 16.9 Å². The lowest BCUT2D eigenvalue weighted by Crippen LogP contribution is -2.12. The first-order chi connectivity index (χ1) is 12.1. The third-order valence-corrected chi connectivity index (χ3v) is 4.14. The van der Waals surface area contributed by atoms with Gasteiger partial charge < -0.3 is 9.88 Å². The number of nitrogens with zero attached hydrogens (tertiary/aromatic N) is 5. The average Bonchev–Trinajstić information content (AvgIpc) is 3.24. The van der Waals surface area contributed by atoms with E-state index in [0.29, 0.717) is 11.3 Å². The van der Waals surface area contributed by atoms with Crippen molar-refractivity contribution in [2.75, 3.05) is 5.32 Å². The van der Waals surface area contributed by atoms with Crippen LogP contribution in [-0.4, -0.2) is 30.0 Å². The van der Waals surface area contributed by atoms with Crippen molar-refractivity contribution in [1.29, 1.82) is 0 Å². The van der Waals surface area contributed by atoms with Crippen LogP contribution in [0, 0.1) is 6.92 Å². The van der Waals surface area contributed by atoms with Gasteiger partial charge in [0.1, 0.15) is 18.0 Å². The molecule has 0 bridgehead atoms. The van der Waals surface area contributed by atoms with Gasteiger partial charge in [0.2, 0.25) is 0 Å². The average molecular weight is 332 g/mol. The summed E-state index contributed by atoms with van der Waals surface area (Å²) in [6.07, 6.45) is 6.79. The Labute approximate surface area is 144 Å². The normalized spacial score (nSPS) is 11.0. The van der Waals surface area contributed by atoms with Crippen LogP contribution < -0.4 is 5.32 Å². The maximum atomic E-state index is 12.5. The number of pyridine rings is 1. The van der Waals surface area contributed by atoms with Crippen molar-refractivity contribution in [3.05, 3.63) is 66.6 Å². The first-order valence-electron chi connectivity index (χ1n) is 7.80. The summed E-state index contributed by atoms with van der Waals surface area (Å²) in [5, 5.41) is 2.86. The molecule has 3 aromatic heterocycles. The fraction of sp³-hybridized carbons (Fsp3) is 0.111. The number of rotatable bonds is 3. The highest BCUT2D eigenvalue weighted by molar-refractivity contribution is 6.05. The zero-order chi connectivity index (χ0) is 17.4. The summed E-state index contributed by atoms with van der Waals surface area (Å²) in [6.45, 7) is 1.94. The SMILES string of the molecule is Cc1nc2cc(C(=O)Nc3ccc(-n4ccnc4)nc3)ccc2n1C. The minimum absolute atomic E-state index is 0.192. The molecular weight excluding hydrogens is 316 g/mol. The maximum absolute atomic E-state index is 12.5. The van der Waals surface area contributed by atoms with Crippen LogP contribution in [0.5, 0.6) is 0 Å². The third-order valence-electron chi connectivity index (χ3n) is 4.14. The van der Waals surface area contributed by atoms with Crippen LogP contribution in [0.1, 0.15) is 16.2 Å². The number of hydrogen-bond acceptors (Lipinski definition) is 4. The lowest BCUT2D eigenvalue weighted by Gasteiger charge is -2.06. The Morgan fingerprint density at radius 1 is 1.20 bits per heavy atom. The van der Waals surface area contributed by atoms with Gasteiger partial charge in [0.15, 0.2) is 0 Å². The predicted molar refractivity (Wildman–Crippen MR) is 94.8 cm³/mol. The smallest absolute Gasteiger partial charge is 0.255 e. The fourth-order valence-corrected chi connectivity index (χ4v) is 2.67. The summed E-state index contributed by atoms with van der Waals surface area (Å²) in [5.74, 6) is 1.45. The van der Waals surface area contributed by atoms with Gasteiger partial charge in [-0.1, -0.05) is 0 Å². The maximum Gasteiger partial charge on any atom is 0.255 e. The summed E-state index contributed by atoms with van der Waals surface area (Å²) in [5.41, 5.74) is 3.00. The number of aromatic nitrogens is 5. The number of carbonyl (C=O) groups is 1. The second kappa shape index (κ2) is 5.86. The molecule has 0 saturated carbocycles. The van der Waals surface area contributed by atoms with E-state index < -0.39 is 0 Å². The number of aryl methyl sites for hydroxylation is 2. The van der Waals surface area contributed by atoms with Crippen molar-refractivity contribution in [3.63, 3.8) is 0 Å². The van der Waals surface area contributed by atoms with Gasteiger partial charge in [-0.05, 0) is 37.3 Å². The van der Waals surface area contributed by atoms with Gasteiger partial charge in [0.05, 0.1) is 22.9 Å². The van der Waals surface area contributed by atoms with Crippen LogP contribution in [0.2, 0.25) is 0 Å². The number of fused-ring (bicyclic) bond motifs is 1. The minimum atomic E-state index is -0.192. The van der Waals surface area contributed by atoms with Gasteiger partial charge in [-0.3, -0.25) is 9.36 Å². The summed E-state index contributed by atoms with van der Waals surface area (Å²) in [7, 11) is 1.96. The summed E-state index contributed by atoms with van der Waals surface area (Å²) in [4.78, 5) is 25.3. The molecule has 4 rings (SSSR count). The molecule has 0 unspecified atom stereocenters. The Kier molecular flexibility index (Phi) is 3.53. The molecule has 7 nitrogen and oxygen atoms in total. The summed E-state index contributed by atoms with van der Waals surface area (Å²) < 4.78 is 3.79. The molecule has 0 aliphatic heterocycles. The van der Waals surface area contributed by atoms with Gasteiger partial charge in [-0.25, -0.2) is 15.0 Å². The zero-order valence-corrected chi connectivity index (χ0v) is 13.8. The topological polar surface area (TPSA) is 77.6 Å². The van der Waals surface area contributed by atoms with Gasteiger partial charge >= 0.3 is 0 Å². The van der Waals surface area contributed by atoms with E-state index >= 15 is 0 Å². The number of imidazole rings is 2. The molecule has 1 N–H and O–H groups in total. The molecule has 25 heavy (non-hydrogen) atoms. The summed E-state index contributed by atoms with van der Waals surface area (Å²) >= 11 is 0. The first-order valence-corrected chi connectivity index (χ1v) is 7.80. The van der Waals surface area contributed by atoms with Crippen molar-refractivity contribution in [3.8, 4) is 5.82 Å². The number of carbonyl (C=O) groups excluding carboxylic acids is 1. The fourth-order valence-electron chi connectivity index (χ4n) is 2.67. The molecule has 3 heterocycles. The lowest BCUT2D eigenvalue weighted by atomic mass is 10.2. The highest BCUT2D eigenvalue weighted by Crippen LogP contribution is 2.18. The van der Waals surface area contributed by atoms with Crippen molar-refractivity contribution in [2.24, 2.45) is 7.05 Å². The second-order valence-electron chi connectivity index (χ2n) is 5.75. The van der Waals surface area contributed by atoms with E-state index in [1.165, 1.54) is 0 Å². The van der Waals surface area contributed by atoms with Crippen LogP contribution >= 0.6 is 0 Å². The second-order valence-corrected chi connectivity index (χ2v) is 5.75. The largest absolute Gasteiger partial charge is 0.331 e. The third kappa shape index (κ3) is 2.76. The van der Waals surface area contributed by atoms with E-state index in [-0.39, 0.29) is 5.91 Å². The number of hydrogen-bond donors (Lipinski definition) is 1. The van der Waals surface area contributed by atoms with E-state index in [1.54, 1.807) is 35.4 Å². The quantitative estimate of drug-likeness (QED) is 0.626. The highest BCUT2D eigenvalue weighted by atomic mass is 16.1. The van der Waals surface area contributed by atoms with E-state index in [0.717, 1.165) is 22.7 Å². The summed E-state index contributed by atoms with van der Waals surface area (Å²) in [6, 6.07) is 9.13. The van der Waals surface area contributed by atoms with Crippen LogP contribution in [-0.2, 0) is 7.05 Å². The van der Waals surface area contributed by atoms with Gasteiger partial charge in [0.25, 0.3) is 5.91 Å². The molecule has 0 spiro atoms. The van der Waals surface area contributed by atoms with Crippen molar-refractivity contribution >= 4 is 22.6 Å². The number of nitrogens with one attached hydrogen (secondary N) is 1. The molecule has 0 fully saturated rings. The Balaban J connectivity index is 1.55. The molecule has 1 amide bonds. The lowest BCUT2D eigenvalue weighted by molar-refractivity contribution is 0.102.